The number of benzene rings is 1. The molecule has 2 aliphatic rings. The average molecular weight is 323 g/mol. The highest BCUT2D eigenvalue weighted by molar-refractivity contribution is 5.82. The van der Waals surface area contributed by atoms with Crippen molar-refractivity contribution in [2.24, 2.45) is 0 Å². The third-order valence-corrected chi connectivity index (χ3v) is 5.75. The monoisotopic (exact) mass is 323 g/mol. The van der Waals surface area contributed by atoms with Crippen molar-refractivity contribution < 1.29 is 0 Å². The van der Waals surface area contributed by atoms with Crippen LogP contribution < -0.4 is 16.2 Å². The van der Waals surface area contributed by atoms with Crippen molar-refractivity contribution >= 4 is 5.69 Å². The van der Waals surface area contributed by atoms with Crippen molar-refractivity contribution in [3.63, 3.8) is 0 Å². The lowest BCUT2D eigenvalue weighted by molar-refractivity contribution is 0.619. The Morgan fingerprint density at radius 3 is 2.25 bits per heavy atom. The van der Waals surface area contributed by atoms with Crippen molar-refractivity contribution in [2.75, 3.05) is 5.32 Å². The standard InChI is InChI=1S/C21H25NO2/c23-20-18(16-12-11-14-7-5-6-8-15(14)13-16)19(21(20)24)22-17-9-3-1-2-4-10-17/h11-13,17,22H,1-10H2. The molecule has 0 bridgehead atoms. The normalized spacial score (nSPS) is 19.0. The smallest absolute Gasteiger partial charge is 0.250 e. The van der Waals surface area contributed by atoms with E-state index in [4.69, 9.17) is 0 Å². The number of fused-ring (bicyclic) bond motifs is 1. The van der Waals surface area contributed by atoms with Gasteiger partial charge in [0.2, 0.25) is 10.9 Å². The Bertz CT molecular complexity index is 806. The third-order valence-electron chi connectivity index (χ3n) is 5.75. The van der Waals surface area contributed by atoms with Crippen molar-refractivity contribution in [1.29, 1.82) is 0 Å². The highest BCUT2D eigenvalue weighted by atomic mass is 16.2. The summed E-state index contributed by atoms with van der Waals surface area (Å²) in [5.41, 5.74) is 4.24. The van der Waals surface area contributed by atoms with Gasteiger partial charge in [0.1, 0.15) is 0 Å². The number of hydrogen-bond acceptors (Lipinski definition) is 3. The molecule has 1 N–H and O–H groups in total. The number of aryl methyl sites for hydroxylation is 2. The minimum absolute atomic E-state index is 0.318. The van der Waals surface area contributed by atoms with E-state index in [9.17, 15) is 9.59 Å². The van der Waals surface area contributed by atoms with Crippen LogP contribution in [-0.4, -0.2) is 6.04 Å². The van der Waals surface area contributed by atoms with Gasteiger partial charge in [0.05, 0.1) is 11.3 Å². The maximum Gasteiger partial charge on any atom is 0.250 e. The van der Waals surface area contributed by atoms with E-state index in [1.807, 2.05) is 6.07 Å². The zero-order chi connectivity index (χ0) is 16.5. The molecule has 0 atom stereocenters. The van der Waals surface area contributed by atoms with Crippen molar-refractivity contribution in [2.45, 2.75) is 70.3 Å². The Hall–Kier alpha value is -1.90. The zero-order valence-electron chi connectivity index (χ0n) is 14.2. The molecule has 2 aromatic carbocycles. The molecule has 0 heterocycles. The minimum Gasteiger partial charge on any atom is -0.378 e. The van der Waals surface area contributed by atoms with Crippen LogP contribution in [0.25, 0.3) is 11.1 Å². The first-order chi connectivity index (χ1) is 11.7. The summed E-state index contributed by atoms with van der Waals surface area (Å²) in [7, 11) is 0. The first-order valence-corrected chi connectivity index (χ1v) is 9.46. The van der Waals surface area contributed by atoms with Gasteiger partial charge in [-0.25, -0.2) is 0 Å². The average Bonchev–Trinajstić information content (AvgIpc) is 2.89. The van der Waals surface area contributed by atoms with E-state index in [0.29, 0.717) is 17.3 Å². The summed E-state index contributed by atoms with van der Waals surface area (Å²) in [4.78, 5) is 24.3. The number of rotatable bonds is 3. The van der Waals surface area contributed by atoms with Crippen LogP contribution >= 0.6 is 0 Å². The molecule has 0 unspecified atom stereocenters. The Morgan fingerprint density at radius 2 is 1.50 bits per heavy atom. The van der Waals surface area contributed by atoms with E-state index >= 15 is 0 Å². The van der Waals surface area contributed by atoms with Gasteiger partial charge in [-0.3, -0.25) is 9.59 Å². The summed E-state index contributed by atoms with van der Waals surface area (Å²) in [6, 6.07) is 6.66. The fourth-order valence-electron chi connectivity index (χ4n) is 4.32. The molecule has 0 amide bonds. The Labute approximate surface area is 142 Å². The Balaban J connectivity index is 1.63. The van der Waals surface area contributed by atoms with Crippen molar-refractivity contribution in [3.05, 3.63) is 49.8 Å². The number of anilines is 1. The van der Waals surface area contributed by atoms with E-state index in [1.54, 1.807) is 0 Å². The van der Waals surface area contributed by atoms with E-state index in [1.165, 1.54) is 49.7 Å². The highest BCUT2D eigenvalue weighted by Crippen LogP contribution is 2.30. The van der Waals surface area contributed by atoms with Gasteiger partial charge >= 0.3 is 0 Å². The van der Waals surface area contributed by atoms with Crippen LogP contribution in [0.2, 0.25) is 0 Å². The molecule has 3 nitrogen and oxygen atoms in total. The lowest BCUT2D eigenvalue weighted by Crippen LogP contribution is -2.38. The number of nitrogens with one attached hydrogen (secondary N) is 1. The molecule has 1 saturated carbocycles. The molecule has 2 aromatic rings. The minimum atomic E-state index is -0.327. The van der Waals surface area contributed by atoms with Crippen LogP contribution in [0, 0.1) is 0 Å². The molecule has 24 heavy (non-hydrogen) atoms. The van der Waals surface area contributed by atoms with Crippen molar-refractivity contribution in [1.82, 2.24) is 0 Å². The summed E-state index contributed by atoms with van der Waals surface area (Å²) in [5.74, 6) is 0. The molecule has 0 radical (unpaired) electrons. The molecule has 126 valence electrons. The maximum atomic E-state index is 12.2. The molecule has 2 aliphatic carbocycles. The second-order valence-corrected chi connectivity index (χ2v) is 7.43. The topological polar surface area (TPSA) is 46.2 Å². The van der Waals surface area contributed by atoms with E-state index in [2.05, 4.69) is 17.4 Å². The zero-order valence-corrected chi connectivity index (χ0v) is 14.2. The lowest BCUT2D eigenvalue weighted by Gasteiger charge is -2.22. The first kappa shape index (κ1) is 15.6. The maximum absolute atomic E-state index is 12.2. The second-order valence-electron chi connectivity index (χ2n) is 7.43. The van der Waals surface area contributed by atoms with E-state index < -0.39 is 0 Å². The largest absolute Gasteiger partial charge is 0.378 e. The van der Waals surface area contributed by atoms with Gasteiger partial charge in [-0.15, -0.1) is 0 Å². The molecule has 3 heteroatoms. The summed E-state index contributed by atoms with van der Waals surface area (Å²) >= 11 is 0. The van der Waals surface area contributed by atoms with Crippen LogP contribution in [0.3, 0.4) is 0 Å². The number of hydrogen-bond donors (Lipinski definition) is 1. The fraction of sp³-hybridized carbons (Fsp3) is 0.524. The molecule has 1 fully saturated rings. The molecular formula is C21H25NO2. The predicted molar refractivity (Wildman–Crippen MR) is 98.5 cm³/mol. The van der Waals surface area contributed by atoms with E-state index in [0.717, 1.165) is 31.2 Å². The SMILES string of the molecule is O=c1c(NC2CCCCCC2)c(-c2ccc3c(c2)CCCC3)c1=O. The quantitative estimate of drug-likeness (QED) is 0.687. The summed E-state index contributed by atoms with van der Waals surface area (Å²) in [5, 5.41) is 3.41. The fourth-order valence-corrected chi connectivity index (χ4v) is 4.32. The van der Waals surface area contributed by atoms with Gasteiger partial charge in [-0.05, 0) is 55.2 Å². The van der Waals surface area contributed by atoms with Crippen LogP contribution in [0.15, 0.2) is 27.8 Å². The molecule has 0 aliphatic heterocycles. The van der Waals surface area contributed by atoms with Gasteiger partial charge in [0, 0.05) is 6.04 Å². The second kappa shape index (κ2) is 6.54. The van der Waals surface area contributed by atoms with E-state index in [-0.39, 0.29) is 10.9 Å². The predicted octanol–water partition coefficient (Wildman–Crippen LogP) is 3.96. The van der Waals surface area contributed by atoms with Crippen LogP contribution in [0.5, 0.6) is 0 Å². The van der Waals surface area contributed by atoms with Gasteiger partial charge in [-0.2, -0.15) is 0 Å². The summed E-state index contributed by atoms with van der Waals surface area (Å²) < 4.78 is 0. The summed E-state index contributed by atoms with van der Waals surface area (Å²) in [6.07, 6.45) is 11.9. The van der Waals surface area contributed by atoms with Gasteiger partial charge < -0.3 is 5.32 Å². The third kappa shape index (κ3) is 2.81. The molecule has 4 rings (SSSR count). The van der Waals surface area contributed by atoms with Gasteiger partial charge in [0.25, 0.3) is 0 Å². The molecule has 0 saturated heterocycles. The van der Waals surface area contributed by atoms with Crippen LogP contribution in [0.1, 0.15) is 62.5 Å². The summed E-state index contributed by atoms with van der Waals surface area (Å²) in [6.45, 7) is 0. The Kier molecular flexibility index (Phi) is 4.26. The lowest BCUT2D eigenvalue weighted by atomic mass is 9.87. The van der Waals surface area contributed by atoms with Crippen LogP contribution in [-0.2, 0) is 12.8 Å². The Morgan fingerprint density at radius 1 is 0.792 bits per heavy atom. The first-order valence-electron chi connectivity index (χ1n) is 9.46. The van der Waals surface area contributed by atoms with Crippen molar-refractivity contribution in [3.8, 4) is 11.1 Å². The van der Waals surface area contributed by atoms with Gasteiger partial charge in [0.15, 0.2) is 0 Å². The molecule has 0 aromatic heterocycles. The highest BCUT2D eigenvalue weighted by Gasteiger charge is 2.25. The molecule has 0 spiro atoms. The molecular weight excluding hydrogens is 298 g/mol. The van der Waals surface area contributed by atoms with Gasteiger partial charge in [-0.1, -0.05) is 43.9 Å². The van der Waals surface area contributed by atoms with Crippen LogP contribution in [0.4, 0.5) is 5.69 Å².